The van der Waals surface area contributed by atoms with E-state index in [1.165, 1.54) is 0 Å². The van der Waals surface area contributed by atoms with Gasteiger partial charge in [0.1, 0.15) is 0 Å². The molecule has 0 aromatic carbocycles. The van der Waals surface area contributed by atoms with E-state index in [1.807, 2.05) is 0 Å². The first-order chi connectivity index (χ1) is 7.77. The first-order valence-electron chi connectivity index (χ1n) is 5.91. The van der Waals surface area contributed by atoms with Crippen molar-refractivity contribution in [1.82, 2.24) is 10.3 Å². The number of ether oxygens (including phenoxy) is 1. The molecule has 1 rings (SSSR count). The van der Waals surface area contributed by atoms with Crippen molar-refractivity contribution in [1.29, 1.82) is 0 Å². The lowest BCUT2D eigenvalue weighted by Crippen LogP contribution is -2.39. The first kappa shape index (κ1) is 12.8. The summed E-state index contributed by atoms with van der Waals surface area (Å²) in [6.45, 7) is 4.04. The molecule has 0 bridgehead atoms. The lowest BCUT2D eigenvalue weighted by Gasteiger charge is -2.26. The van der Waals surface area contributed by atoms with Crippen LogP contribution in [0.5, 0.6) is 0 Å². The van der Waals surface area contributed by atoms with E-state index in [0.717, 1.165) is 31.4 Å². The van der Waals surface area contributed by atoms with E-state index < -0.39 is 0 Å². The van der Waals surface area contributed by atoms with Gasteiger partial charge in [0.25, 0.3) is 0 Å². The Morgan fingerprint density at radius 3 is 2.75 bits per heavy atom. The highest BCUT2D eigenvalue weighted by molar-refractivity contribution is 5.86. The van der Waals surface area contributed by atoms with Crippen LogP contribution in [-0.2, 0) is 4.74 Å². The van der Waals surface area contributed by atoms with Gasteiger partial charge in [-0.1, -0.05) is 13.3 Å². The summed E-state index contributed by atoms with van der Waals surface area (Å²) in [6.07, 6.45) is 3.48. The number of amides is 1. The predicted octanol–water partition coefficient (Wildman–Crippen LogP) is 1.59. The average molecular weight is 227 g/mol. The van der Waals surface area contributed by atoms with Gasteiger partial charge in [-0.25, -0.2) is 4.79 Å². The normalized spacial score (nSPS) is 15.9. The Kier molecular flexibility index (Phi) is 5.67. The molecule has 5 heteroatoms. The molecule has 1 aliphatic rings. The van der Waals surface area contributed by atoms with Crippen LogP contribution in [0.3, 0.4) is 0 Å². The summed E-state index contributed by atoms with van der Waals surface area (Å²) in [4.78, 5) is 13.3. The van der Waals surface area contributed by atoms with E-state index in [0.29, 0.717) is 19.7 Å². The summed E-state index contributed by atoms with van der Waals surface area (Å²) in [7, 11) is 1.79. The first-order valence-corrected chi connectivity index (χ1v) is 5.91. The fraction of sp³-hybridized carbons (Fsp3) is 0.818. The molecule has 1 heterocycles. The summed E-state index contributed by atoms with van der Waals surface area (Å²) in [5.74, 6) is 0. The fourth-order valence-corrected chi connectivity index (χ4v) is 1.61. The highest BCUT2D eigenvalue weighted by atomic mass is 16.6. The minimum Gasteiger partial charge on any atom is -0.449 e. The molecule has 0 aromatic heterocycles. The SMILES string of the molecule is CCCCOC(=O)N1CCC(=NNC)CC1. The van der Waals surface area contributed by atoms with Crippen LogP contribution in [0.15, 0.2) is 5.10 Å². The van der Waals surface area contributed by atoms with Gasteiger partial charge in [-0.15, -0.1) is 0 Å². The van der Waals surface area contributed by atoms with Crippen LogP contribution in [0.2, 0.25) is 0 Å². The number of unbranched alkanes of at least 4 members (excludes halogenated alkanes) is 1. The minimum absolute atomic E-state index is 0.183. The Bertz CT molecular complexity index is 244. The molecule has 0 saturated carbocycles. The lowest BCUT2D eigenvalue weighted by atomic mass is 10.1. The number of likely N-dealkylation sites (tertiary alicyclic amines) is 1. The second kappa shape index (κ2) is 7.09. The van der Waals surface area contributed by atoms with Crippen molar-refractivity contribution >= 4 is 11.8 Å². The quantitative estimate of drug-likeness (QED) is 0.586. The molecule has 1 amide bonds. The monoisotopic (exact) mass is 227 g/mol. The molecule has 0 atom stereocenters. The van der Waals surface area contributed by atoms with Crippen molar-refractivity contribution in [3.05, 3.63) is 0 Å². The Balaban J connectivity index is 2.25. The van der Waals surface area contributed by atoms with Crippen LogP contribution in [0, 0.1) is 0 Å². The number of rotatable bonds is 4. The number of hydrogen-bond donors (Lipinski definition) is 1. The van der Waals surface area contributed by atoms with Gasteiger partial charge < -0.3 is 15.1 Å². The molecule has 1 aliphatic heterocycles. The van der Waals surface area contributed by atoms with Gasteiger partial charge in [0, 0.05) is 38.7 Å². The van der Waals surface area contributed by atoms with E-state index in [9.17, 15) is 4.79 Å². The average Bonchev–Trinajstić information content (AvgIpc) is 2.30. The van der Waals surface area contributed by atoms with Crippen LogP contribution >= 0.6 is 0 Å². The molecule has 92 valence electrons. The van der Waals surface area contributed by atoms with E-state index in [-0.39, 0.29) is 6.09 Å². The summed E-state index contributed by atoms with van der Waals surface area (Å²) in [5.41, 5.74) is 3.90. The topological polar surface area (TPSA) is 53.9 Å². The smallest absolute Gasteiger partial charge is 0.409 e. The maximum Gasteiger partial charge on any atom is 0.409 e. The van der Waals surface area contributed by atoms with Crippen LogP contribution in [0.4, 0.5) is 4.79 Å². The molecule has 1 N–H and O–H groups in total. The highest BCUT2D eigenvalue weighted by Crippen LogP contribution is 2.08. The third kappa shape index (κ3) is 4.08. The number of carbonyl (C=O) groups excluding carboxylic acids is 1. The Hall–Kier alpha value is -1.26. The van der Waals surface area contributed by atoms with Crippen molar-refractivity contribution in [2.45, 2.75) is 32.6 Å². The van der Waals surface area contributed by atoms with Crippen LogP contribution in [-0.4, -0.2) is 43.4 Å². The molecular weight excluding hydrogens is 206 g/mol. The molecule has 0 aromatic rings. The second-order valence-corrected chi connectivity index (χ2v) is 3.86. The molecule has 0 spiro atoms. The van der Waals surface area contributed by atoms with Crippen LogP contribution in [0.1, 0.15) is 32.6 Å². The maximum atomic E-state index is 11.6. The Morgan fingerprint density at radius 2 is 2.19 bits per heavy atom. The summed E-state index contributed by atoms with van der Waals surface area (Å²) in [5, 5.41) is 4.14. The minimum atomic E-state index is -0.183. The number of nitrogens with zero attached hydrogens (tertiary/aromatic N) is 2. The number of piperidine rings is 1. The molecule has 0 radical (unpaired) electrons. The van der Waals surface area contributed by atoms with Crippen molar-refractivity contribution in [3.63, 3.8) is 0 Å². The zero-order chi connectivity index (χ0) is 11.8. The molecule has 1 saturated heterocycles. The molecule has 5 nitrogen and oxygen atoms in total. The van der Waals surface area contributed by atoms with Gasteiger partial charge >= 0.3 is 6.09 Å². The summed E-state index contributed by atoms with van der Waals surface area (Å²) >= 11 is 0. The third-order valence-corrected chi connectivity index (χ3v) is 2.59. The van der Waals surface area contributed by atoms with Gasteiger partial charge in [0.05, 0.1) is 6.61 Å². The van der Waals surface area contributed by atoms with Crippen molar-refractivity contribution in [2.24, 2.45) is 5.10 Å². The summed E-state index contributed by atoms with van der Waals surface area (Å²) < 4.78 is 5.15. The second-order valence-electron chi connectivity index (χ2n) is 3.86. The van der Waals surface area contributed by atoms with E-state index in [4.69, 9.17) is 4.74 Å². The number of hydrazone groups is 1. The highest BCUT2D eigenvalue weighted by Gasteiger charge is 2.20. The summed E-state index contributed by atoms with van der Waals surface area (Å²) in [6, 6.07) is 0. The van der Waals surface area contributed by atoms with Gasteiger partial charge in [0.2, 0.25) is 0 Å². The molecule has 0 unspecified atom stereocenters. The van der Waals surface area contributed by atoms with Crippen molar-refractivity contribution < 1.29 is 9.53 Å². The Morgan fingerprint density at radius 1 is 1.50 bits per heavy atom. The predicted molar refractivity (Wildman–Crippen MR) is 63.6 cm³/mol. The van der Waals surface area contributed by atoms with Crippen molar-refractivity contribution in [2.75, 3.05) is 26.7 Å². The molecular formula is C11H21N3O2. The van der Waals surface area contributed by atoms with E-state index in [1.54, 1.807) is 11.9 Å². The number of nitrogens with one attached hydrogen (secondary N) is 1. The maximum absolute atomic E-state index is 11.6. The van der Waals surface area contributed by atoms with E-state index >= 15 is 0 Å². The largest absolute Gasteiger partial charge is 0.449 e. The van der Waals surface area contributed by atoms with Gasteiger partial charge in [-0.3, -0.25) is 0 Å². The lowest BCUT2D eigenvalue weighted by molar-refractivity contribution is 0.101. The standard InChI is InChI=1S/C11H21N3O2/c1-3-4-9-16-11(15)14-7-5-10(6-8-14)13-12-2/h12H,3-9H2,1-2H3. The molecule has 16 heavy (non-hydrogen) atoms. The Labute approximate surface area is 96.8 Å². The van der Waals surface area contributed by atoms with Crippen LogP contribution < -0.4 is 5.43 Å². The molecule has 0 aliphatic carbocycles. The van der Waals surface area contributed by atoms with Crippen molar-refractivity contribution in [3.8, 4) is 0 Å². The van der Waals surface area contributed by atoms with Gasteiger partial charge in [-0.05, 0) is 6.42 Å². The zero-order valence-electron chi connectivity index (χ0n) is 10.2. The number of hydrogen-bond acceptors (Lipinski definition) is 4. The van der Waals surface area contributed by atoms with Crippen LogP contribution in [0.25, 0.3) is 0 Å². The fourth-order valence-electron chi connectivity index (χ4n) is 1.61. The third-order valence-electron chi connectivity index (χ3n) is 2.59. The van der Waals surface area contributed by atoms with Gasteiger partial charge in [-0.2, -0.15) is 5.10 Å². The number of carbonyl (C=O) groups is 1. The van der Waals surface area contributed by atoms with Gasteiger partial charge in [0.15, 0.2) is 0 Å². The zero-order valence-corrected chi connectivity index (χ0v) is 10.2. The molecule has 1 fully saturated rings. The van der Waals surface area contributed by atoms with E-state index in [2.05, 4.69) is 17.5 Å².